The molecule has 0 aliphatic carbocycles. The quantitative estimate of drug-likeness (QED) is 0.631. The van der Waals surface area contributed by atoms with Crippen LogP contribution >= 0.6 is 0 Å². The second-order valence-corrected chi connectivity index (χ2v) is 8.32. The molecule has 170 valence electrons. The molecule has 2 aromatic carbocycles. The summed E-state index contributed by atoms with van der Waals surface area (Å²) in [5.41, 5.74) is 9.80. The highest BCUT2D eigenvalue weighted by molar-refractivity contribution is 5.97. The number of benzene rings is 2. The van der Waals surface area contributed by atoms with E-state index in [4.69, 9.17) is 5.73 Å². The molecular formula is C26H29N5O2. The van der Waals surface area contributed by atoms with Gasteiger partial charge in [-0.15, -0.1) is 0 Å². The number of nitrogens with two attached hydrogens (primary N) is 1. The van der Waals surface area contributed by atoms with Crippen LogP contribution in [0, 0.1) is 6.92 Å². The van der Waals surface area contributed by atoms with E-state index in [9.17, 15) is 9.59 Å². The summed E-state index contributed by atoms with van der Waals surface area (Å²) in [6.07, 6.45) is 1.30. The minimum Gasteiger partial charge on any atom is -0.368 e. The molecule has 1 fully saturated rings. The van der Waals surface area contributed by atoms with Crippen molar-refractivity contribution in [3.8, 4) is 11.1 Å². The Morgan fingerprint density at radius 3 is 2.52 bits per heavy atom. The van der Waals surface area contributed by atoms with Crippen LogP contribution in [0.1, 0.15) is 35.1 Å². The van der Waals surface area contributed by atoms with Gasteiger partial charge in [0, 0.05) is 31.7 Å². The molecule has 0 radical (unpaired) electrons. The molecule has 7 heteroatoms. The fourth-order valence-electron chi connectivity index (χ4n) is 4.43. The van der Waals surface area contributed by atoms with Gasteiger partial charge in [-0.05, 0) is 36.1 Å². The van der Waals surface area contributed by atoms with E-state index in [2.05, 4.69) is 35.1 Å². The number of carbonyl (C=O) groups is 2. The normalized spacial score (nSPS) is 16.2. The first-order chi connectivity index (χ1) is 16.0. The summed E-state index contributed by atoms with van der Waals surface area (Å²) in [7, 11) is 0. The number of hydrogen-bond acceptors (Lipinski definition) is 5. The largest absolute Gasteiger partial charge is 0.368 e. The Balaban J connectivity index is 1.70. The summed E-state index contributed by atoms with van der Waals surface area (Å²) in [4.78, 5) is 38.7. The van der Waals surface area contributed by atoms with Gasteiger partial charge in [-0.3, -0.25) is 9.59 Å². The maximum Gasteiger partial charge on any atom is 0.273 e. The first kappa shape index (κ1) is 22.5. The number of rotatable bonds is 6. The third kappa shape index (κ3) is 4.87. The van der Waals surface area contributed by atoms with Crippen molar-refractivity contribution in [2.45, 2.75) is 32.7 Å². The summed E-state index contributed by atoms with van der Waals surface area (Å²) < 4.78 is 0. The molecule has 1 aromatic heterocycles. The average Bonchev–Trinajstić information content (AvgIpc) is 2.82. The van der Waals surface area contributed by atoms with Crippen LogP contribution in [0.15, 0.2) is 60.7 Å². The van der Waals surface area contributed by atoms with E-state index in [1.54, 1.807) is 17.9 Å². The molecule has 7 nitrogen and oxygen atoms in total. The van der Waals surface area contributed by atoms with E-state index in [1.165, 1.54) is 0 Å². The van der Waals surface area contributed by atoms with E-state index in [-0.39, 0.29) is 23.5 Å². The van der Waals surface area contributed by atoms with E-state index in [1.807, 2.05) is 41.3 Å². The Bertz CT molecular complexity index is 1130. The predicted molar refractivity (Wildman–Crippen MR) is 128 cm³/mol. The van der Waals surface area contributed by atoms with Crippen molar-refractivity contribution in [1.82, 2.24) is 19.8 Å². The van der Waals surface area contributed by atoms with Crippen molar-refractivity contribution < 1.29 is 9.59 Å². The van der Waals surface area contributed by atoms with Gasteiger partial charge in [-0.25, -0.2) is 9.97 Å². The van der Waals surface area contributed by atoms with Crippen LogP contribution in [0.4, 0.5) is 5.95 Å². The van der Waals surface area contributed by atoms with Gasteiger partial charge in [0.15, 0.2) is 0 Å². The van der Waals surface area contributed by atoms with Gasteiger partial charge >= 0.3 is 0 Å². The average molecular weight is 444 g/mol. The summed E-state index contributed by atoms with van der Waals surface area (Å²) in [6.45, 7) is 5.46. The van der Waals surface area contributed by atoms with Crippen molar-refractivity contribution in [3.63, 3.8) is 0 Å². The van der Waals surface area contributed by atoms with Gasteiger partial charge in [0.05, 0.1) is 0 Å². The number of anilines is 1. The smallest absolute Gasteiger partial charge is 0.273 e. The lowest BCUT2D eigenvalue weighted by Crippen LogP contribution is -2.59. The number of nitrogens with zero attached hydrogens (tertiary/aromatic N) is 4. The van der Waals surface area contributed by atoms with Gasteiger partial charge in [-0.2, -0.15) is 0 Å². The molecule has 1 atom stereocenters. The van der Waals surface area contributed by atoms with Crippen LogP contribution in [0.3, 0.4) is 0 Å². The molecule has 1 aliphatic heterocycles. The molecule has 0 unspecified atom stereocenters. The lowest BCUT2D eigenvalue weighted by atomic mass is 9.93. The van der Waals surface area contributed by atoms with Crippen molar-refractivity contribution in [1.29, 1.82) is 0 Å². The summed E-state index contributed by atoms with van der Waals surface area (Å²) in [5.74, 6) is -0.266. The Kier molecular flexibility index (Phi) is 6.68. The number of aromatic nitrogens is 2. The lowest BCUT2D eigenvalue weighted by molar-refractivity contribution is -0.140. The molecule has 2 amide bonds. The predicted octanol–water partition coefficient (Wildman–Crippen LogP) is 3.34. The number of hydrogen-bond donors (Lipinski definition) is 1. The molecule has 0 bridgehead atoms. The zero-order valence-electron chi connectivity index (χ0n) is 19.1. The van der Waals surface area contributed by atoms with Crippen LogP contribution in [0.2, 0.25) is 0 Å². The van der Waals surface area contributed by atoms with Gasteiger partial charge in [0.25, 0.3) is 5.91 Å². The summed E-state index contributed by atoms with van der Waals surface area (Å²) >= 11 is 0. The zero-order chi connectivity index (χ0) is 23.4. The van der Waals surface area contributed by atoms with E-state index >= 15 is 0 Å². The molecule has 0 spiro atoms. The number of nitrogen functional groups attached to an aromatic ring is 1. The van der Waals surface area contributed by atoms with Gasteiger partial charge < -0.3 is 15.5 Å². The fraction of sp³-hybridized carbons (Fsp3) is 0.308. The monoisotopic (exact) mass is 443 g/mol. The lowest BCUT2D eigenvalue weighted by Gasteiger charge is -2.40. The van der Waals surface area contributed by atoms with E-state index in [0.717, 1.165) is 23.1 Å². The first-order valence-corrected chi connectivity index (χ1v) is 11.3. The van der Waals surface area contributed by atoms with Crippen LogP contribution < -0.4 is 5.73 Å². The van der Waals surface area contributed by atoms with Crippen molar-refractivity contribution in [2.75, 3.05) is 25.4 Å². The van der Waals surface area contributed by atoms with Gasteiger partial charge in [0.1, 0.15) is 11.7 Å². The summed E-state index contributed by atoms with van der Waals surface area (Å²) in [6, 6.07) is 19.2. The highest BCUT2D eigenvalue weighted by Gasteiger charge is 2.38. The minimum absolute atomic E-state index is 0.0296. The molecule has 2 heterocycles. The molecule has 2 N–H and O–H groups in total. The zero-order valence-corrected chi connectivity index (χ0v) is 19.1. The van der Waals surface area contributed by atoms with Crippen LogP contribution in [-0.2, 0) is 11.2 Å². The number of carbonyl (C=O) groups excluding carboxylic acids is 2. The molecule has 3 aromatic rings. The molecule has 1 aliphatic rings. The third-order valence-electron chi connectivity index (χ3n) is 5.94. The Morgan fingerprint density at radius 2 is 1.79 bits per heavy atom. The van der Waals surface area contributed by atoms with Crippen LogP contribution in [0.25, 0.3) is 11.1 Å². The highest BCUT2D eigenvalue weighted by Crippen LogP contribution is 2.27. The Labute approximate surface area is 194 Å². The third-order valence-corrected chi connectivity index (χ3v) is 5.94. The van der Waals surface area contributed by atoms with Crippen molar-refractivity contribution in [2.24, 2.45) is 0 Å². The SMILES string of the molecule is CCCN1CCN(C(=O)c2cc(C)nc(N)n2)[C@H](Cc2ccccc2-c2ccccc2)C1=O. The van der Waals surface area contributed by atoms with Gasteiger partial charge in [-0.1, -0.05) is 61.5 Å². The van der Waals surface area contributed by atoms with E-state index < -0.39 is 6.04 Å². The second-order valence-electron chi connectivity index (χ2n) is 8.32. The number of piperazine rings is 1. The number of aryl methyl sites for hydroxylation is 1. The minimum atomic E-state index is -0.612. The Morgan fingerprint density at radius 1 is 1.06 bits per heavy atom. The topological polar surface area (TPSA) is 92.4 Å². The highest BCUT2D eigenvalue weighted by atomic mass is 16.2. The molecule has 0 saturated carbocycles. The molecular weight excluding hydrogens is 414 g/mol. The van der Waals surface area contributed by atoms with Gasteiger partial charge in [0.2, 0.25) is 11.9 Å². The molecule has 33 heavy (non-hydrogen) atoms. The maximum atomic E-state index is 13.5. The number of amides is 2. The molecule has 4 rings (SSSR count). The van der Waals surface area contributed by atoms with Crippen LogP contribution in [0.5, 0.6) is 0 Å². The maximum absolute atomic E-state index is 13.5. The summed E-state index contributed by atoms with van der Waals surface area (Å²) in [5, 5.41) is 0. The van der Waals surface area contributed by atoms with E-state index in [0.29, 0.717) is 31.7 Å². The standard InChI is InChI=1S/C26H29N5O2/c1-3-13-30-14-15-31(24(32)22-16-18(2)28-26(27)29-22)23(25(30)33)17-20-11-7-8-12-21(20)19-9-5-4-6-10-19/h4-12,16,23H,3,13-15,17H2,1-2H3,(H2,27,28,29)/t23-/m1/s1. The van der Waals surface area contributed by atoms with Crippen molar-refractivity contribution in [3.05, 3.63) is 77.6 Å². The first-order valence-electron chi connectivity index (χ1n) is 11.3. The Hall–Kier alpha value is -3.74. The van der Waals surface area contributed by atoms with Crippen molar-refractivity contribution >= 4 is 17.8 Å². The second kappa shape index (κ2) is 9.81. The fourth-order valence-corrected chi connectivity index (χ4v) is 4.43. The van der Waals surface area contributed by atoms with Crippen LogP contribution in [-0.4, -0.2) is 57.3 Å². The molecule has 1 saturated heterocycles.